The minimum Gasteiger partial charge on any atom is -0.211 e. The van der Waals surface area contributed by atoms with Crippen LogP contribution in [-0.2, 0) is 24.1 Å². The molecule has 0 aromatic carbocycles. The molecular formula is C11H13NOS. The van der Waals surface area contributed by atoms with Gasteiger partial charge in [-0.1, -0.05) is 0 Å². The molecule has 1 aliphatic rings. The molecule has 0 spiro atoms. The summed E-state index contributed by atoms with van der Waals surface area (Å²) in [7, 11) is 0. The number of hydrogen-bond acceptors (Lipinski definition) is 3. The first-order valence-corrected chi connectivity index (χ1v) is 5.91. The molecule has 0 unspecified atom stereocenters. The lowest BCUT2D eigenvalue weighted by Crippen LogP contribution is -2.01. The number of nitrogens with zero attached hydrogens (tertiary/aromatic N) is 1. The number of isocyanates is 1. The molecule has 1 aliphatic carbocycles. The summed E-state index contributed by atoms with van der Waals surface area (Å²) < 4.78 is 0. The molecule has 0 radical (unpaired) electrons. The van der Waals surface area contributed by atoms with Crippen LogP contribution in [0.15, 0.2) is 10.4 Å². The minimum atomic E-state index is 0.590. The van der Waals surface area contributed by atoms with E-state index in [-0.39, 0.29) is 0 Å². The number of carbonyl (C=O) groups excluding carboxylic acids is 1. The van der Waals surface area contributed by atoms with Crippen molar-refractivity contribution >= 4 is 17.4 Å². The van der Waals surface area contributed by atoms with Crippen molar-refractivity contribution in [2.45, 2.75) is 32.1 Å². The van der Waals surface area contributed by atoms with Crippen molar-refractivity contribution in [2.75, 3.05) is 6.54 Å². The van der Waals surface area contributed by atoms with E-state index in [0.29, 0.717) is 6.54 Å². The molecule has 3 heteroatoms. The molecule has 1 heterocycles. The molecule has 74 valence electrons. The number of hydrogen-bond donors (Lipinski definition) is 0. The summed E-state index contributed by atoms with van der Waals surface area (Å²) in [5.41, 5.74) is 2.95. The van der Waals surface area contributed by atoms with E-state index in [1.807, 2.05) is 11.3 Å². The number of thiophene rings is 1. The van der Waals surface area contributed by atoms with Gasteiger partial charge in [-0.05, 0) is 48.6 Å². The first-order valence-electron chi connectivity index (χ1n) is 5.03. The summed E-state index contributed by atoms with van der Waals surface area (Å²) in [6, 6.07) is 0. The van der Waals surface area contributed by atoms with Crippen LogP contribution in [0, 0.1) is 0 Å². The zero-order valence-electron chi connectivity index (χ0n) is 8.08. The SMILES string of the molecule is O=C=NCCc1csc2c1CCCC2. The fourth-order valence-corrected chi connectivity index (χ4v) is 3.17. The van der Waals surface area contributed by atoms with Crippen LogP contribution in [-0.4, -0.2) is 12.6 Å². The molecule has 1 aromatic rings. The molecule has 2 nitrogen and oxygen atoms in total. The topological polar surface area (TPSA) is 29.4 Å². The second kappa shape index (κ2) is 4.54. The quantitative estimate of drug-likeness (QED) is 0.553. The van der Waals surface area contributed by atoms with Gasteiger partial charge in [0.2, 0.25) is 6.08 Å². The molecule has 0 bridgehead atoms. The molecular weight excluding hydrogens is 194 g/mol. The van der Waals surface area contributed by atoms with Crippen molar-refractivity contribution < 1.29 is 4.79 Å². The molecule has 0 saturated carbocycles. The molecule has 0 atom stereocenters. The highest BCUT2D eigenvalue weighted by Crippen LogP contribution is 2.30. The Hall–Kier alpha value is -0.920. The van der Waals surface area contributed by atoms with Crippen LogP contribution in [0.5, 0.6) is 0 Å². The molecule has 2 rings (SSSR count). The van der Waals surface area contributed by atoms with E-state index in [1.54, 1.807) is 16.5 Å². The van der Waals surface area contributed by atoms with Crippen molar-refractivity contribution in [1.29, 1.82) is 0 Å². The Morgan fingerprint density at radius 1 is 1.43 bits per heavy atom. The van der Waals surface area contributed by atoms with E-state index < -0.39 is 0 Å². The van der Waals surface area contributed by atoms with E-state index in [9.17, 15) is 4.79 Å². The van der Waals surface area contributed by atoms with Crippen molar-refractivity contribution in [2.24, 2.45) is 4.99 Å². The third-order valence-electron chi connectivity index (χ3n) is 2.71. The van der Waals surface area contributed by atoms with Crippen LogP contribution in [0.1, 0.15) is 28.8 Å². The normalized spacial score (nSPS) is 14.6. The van der Waals surface area contributed by atoms with Gasteiger partial charge in [0, 0.05) is 4.88 Å². The Kier molecular flexibility index (Phi) is 3.12. The fraction of sp³-hybridized carbons (Fsp3) is 0.545. The summed E-state index contributed by atoms with van der Waals surface area (Å²) in [5.74, 6) is 0. The lowest BCUT2D eigenvalue weighted by molar-refractivity contribution is 0.563. The minimum absolute atomic E-state index is 0.590. The Morgan fingerprint density at radius 2 is 2.29 bits per heavy atom. The first kappa shape index (κ1) is 9.63. The van der Waals surface area contributed by atoms with Gasteiger partial charge in [-0.25, -0.2) is 9.79 Å². The monoisotopic (exact) mass is 207 g/mol. The summed E-state index contributed by atoms with van der Waals surface area (Å²) in [5, 5.41) is 2.23. The molecule has 0 N–H and O–H groups in total. The van der Waals surface area contributed by atoms with Gasteiger partial charge in [-0.2, -0.15) is 0 Å². The lowest BCUT2D eigenvalue weighted by Gasteiger charge is -2.11. The van der Waals surface area contributed by atoms with Crippen LogP contribution in [0.4, 0.5) is 0 Å². The lowest BCUT2D eigenvalue weighted by atomic mass is 9.95. The van der Waals surface area contributed by atoms with Gasteiger partial charge in [0.1, 0.15) is 0 Å². The zero-order chi connectivity index (χ0) is 9.80. The average molecular weight is 207 g/mol. The summed E-state index contributed by atoms with van der Waals surface area (Å²) in [6.07, 6.45) is 7.61. The molecule has 14 heavy (non-hydrogen) atoms. The first-order chi connectivity index (χ1) is 6.92. The van der Waals surface area contributed by atoms with Gasteiger partial charge in [-0.15, -0.1) is 11.3 Å². The third-order valence-corrected chi connectivity index (χ3v) is 3.84. The zero-order valence-corrected chi connectivity index (χ0v) is 8.90. The standard InChI is InChI=1S/C11H13NOS/c13-8-12-6-5-9-7-14-11-4-2-1-3-10(9)11/h7H,1-6H2. The van der Waals surface area contributed by atoms with Gasteiger partial charge >= 0.3 is 0 Å². The Bertz CT molecular complexity index is 363. The average Bonchev–Trinajstić information content (AvgIpc) is 2.63. The predicted octanol–water partition coefficient (Wildman–Crippen LogP) is 2.51. The molecule has 0 fully saturated rings. The Morgan fingerprint density at radius 3 is 3.14 bits per heavy atom. The number of aliphatic imine (C=N–C) groups is 1. The second-order valence-electron chi connectivity index (χ2n) is 3.59. The van der Waals surface area contributed by atoms with Crippen LogP contribution in [0.25, 0.3) is 0 Å². The highest BCUT2D eigenvalue weighted by atomic mass is 32.1. The van der Waals surface area contributed by atoms with Gasteiger partial charge in [-0.3, -0.25) is 0 Å². The maximum Gasteiger partial charge on any atom is 0.234 e. The number of rotatable bonds is 3. The summed E-state index contributed by atoms with van der Waals surface area (Å²) in [4.78, 5) is 15.1. The second-order valence-corrected chi connectivity index (χ2v) is 4.56. The molecule has 0 saturated heterocycles. The van der Waals surface area contributed by atoms with E-state index in [0.717, 1.165) is 6.42 Å². The van der Waals surface area contributed by atoms with E-state index in [1.165, 1.54) is 31.2 Å². The highest BCUT2D eigenvalue weighted by Gasteiger charge is 2.14. The van der Waals surface area contributed by atoms with Gasteiger partial charge in [0.25, 0.3) is 0 Å². The van der Waals surface area contributed by atoms with Crippen molar-refractivity contribution in [3.05, 3.63) is 21.4 Å². The summed E-state index contributed by atoms with van der Waals surface area (Å²) >= 11 is 1.87. The van der Waals surface area contributed by atoms with Crippen molar-refractivity contribution in [3.8, 4) is 0 Å². The largest absolute Gasteiger partial charge is 0.234 e. The number of aryl methyl sites for hydroxylation is 1. The Labute approximate surface area is 87.7 Å². The van der Waals surface area contributed by atoms with Crippen LogP contribution in [0.2, 0.25) is 0 Å². The predicted molar refractivity (Wildman–Crippen MR) is 57.7 cm³/mol. The Balaban J connectivity index is 2.10. The van der Waals surface area contributed by atoms with Gasteiger partial charge < -0.3 is 0 Å². The molecule has 0 aliphatic heterocycles. The molecule has 1 aromatic heterocycles. The van der Waals surface area contributed by atoms with Crippen molar-refractivity contribution in [3.63, 3.8) is 0 Å². The fourth-order valence-electron chi connectivity index (χ4n) is 1.99. The maximum atomic E-state index is 9.93. The van der Waals surface area contributed by atoms with Crippen molar-refractivity contribution in [1.82, 2.24) is 0 Å². The van der Waals surface area contributed by atoms with Gasteiger partial charge in [0.05, 0.1) is 6.54 Å². The molecule has 0 amide bonds. The van der Waals surface area contributed by atoms with E-state index >= 15 is 0 Å². The summed E-state index contributed by atoms with van der Waals surface area (Å²) in [6.45, 7) is 0.590. The van der Waals surface area contributed by atoms with E-state index in [2.05, 4.69) is 10.4 Å². The third kappa shape index (κ3) is 1.94. The highest BCUT2D eigenvalue weighted by molar-refractivity contribution is 7.10. The number of fused-ring (bicyclic) bond motifs is 1. The van der Waals surface area contributed by atoms with Crippen LogP contribution < -0.4 is 0 Å². The van der Waals surface area contributed by atoms with Crippen LogP contribution in [0.3, 0.4) is 0 Å². The smallest absolute Gasteiger partial charge is 0.211 e. The maximum absolute atomic E-state index is 9.93. The van der Waals surface area contributed by atoms with E-state index in [4.69, 9.17) is 0 Å². The van der Waals surface area contributed by atoms with Gasteiger partial charge in [0.15, 0.2) is 0 Å². The van der Waals surface area contributed by atoms with Crippen LogP contribution >= 0.6 is 11.3 Å².